The van der Waals surface area contributed by atoms with E-state index in [1.807, 2.05) is 13.0 Å². The summed E-state index contributed by atoms with van der Waals surface area (Å²) in [4.78, 5) is 24.4. The summed E-state index contributed by atoms with van der Waals surface area (Å²) in [6.07, 6.45) is 2.22. The normalized spacial score (nSPS) is 22.5. The third-order valence-electron chi connectivity index (χ3n) is 3.44. The number of carboxylic acid groups (broad SMARTS) is 1. The van der Waals surface area contributed by atoms with Crippen LogP contribution in [0.1, 0.15) is 12.7 Å². The van der Waals surface area contributed by atoms with E-state index in [1.165, 1.54) is 0 Å². The molecule has 2 atom stereocenters. The third kappa shape index (κ3) is 3.27. The molecule has 2 rings (SSSR count). The number of nitrogens with zero attached hydrogens (tertiary/aromatic N) is 1. The van der Waals surface area contributed by atoms with Gasteiger partial charge in [-0.2, -0.15) is 0 Å². The number of furan rings is 1. The fourth-order valence-corrected chi connectivity index (χ4v) is 2.31. The summed E-state index contributed by atoms with van der Waals surface area (Å²) in [5.74, 6) is -0.485. The van der Waals surface area contributed by atoms with Crippen molar-refractivity contribution in [2.45, 2.75) is 13.3 Å². The van der Waals surface area contributed by atoms with Gasteiger partial charge in [0, 0.05) is 26.1 Å². The van der Waals surface area contributed by atoms with Crippen molar-refractivity contribution in [1.82, 2.24) is 10.2 Å². The molecule has 0 aromatic carbocycles. The number of hydrogen-bond acceptors (Lipinski definition) is 3. The number of carboxylic acids is 1. The van der Waals surface area contributed by atoms with Gasteiger partial charge in [0.2, 0.25) is 0 Å². The van der Waals surface area contributed by atoms with Crippen molar-refractivity contribution >= 4 is 12.0 Å². The Morgan fingerprint density at radius 3 is 2.89 bits per heavy atom. The maximum Gasteiger partial charge on any atom is 0.317 e. The second-order valence-corrected chi connectivity index (χ2v) is 4.89. The maximum atomic E-state index is 11.9. The highest BCUT2D eigenvalue weighted by atomic mass is 16.4. The van der Waals surface area contributed by atoms with Crippen LogP contribution in [0.5, 0.6) is 0 Å². The molecule has 1 fully saturated rings. The zero-order valence-corrected chi connectivity index (χ0v) is 10.8. The predicted molar refractivity (Wildman–Crippen MR) is 67.7 cm³/mol. The molecule has 19 heavy (non-hydrogen) atoms. The fraction of sp³-hybridized carbons (Fsp3) is 0.538. The van der Waals surface area contributed by atoms with Gasteiger partial charge in [-0.1, -0.05) is 6.92 Å². The van der Waals surface area contributed by atoms with Crippen molar-refractivity contribution in [3.05, 3.63) is 24.2 Å². The Balaban J connectivity index is 1.76. The Morgan fingerprint density at radius 2 is 2.32 bits per heavy atom. The highest BCUT2D eigenvalue weighted by Gasteiger charge is 2.36. The molecule has 0 radical (unpaired) electrons. The van der Waals surface area contributed by atoms with E-state index in [2.05, 4.69) is 5.32 Å². The molecule has 104 valence electrons. The molecule has 1 saturated heterocycles. The number of nitrogens with one attached hydrogen (secondary N) is 1. The second-order valence-electron chi connectivity index (χ2n) is 4.89. The summed E-state index contributed by atoms with van der Waals surface area (Å²) in [5, 5.41) is 11.8. The summed E-state index contributed by atoms with van der Waals surface area (Å²) in [7, 11) is 0. The number of rotatable bonds is 4. The van der Waals surface area contributed by atoms with Crippen LogP contribution in [-0.2, 0) is 11.2 Å². The first kappa shape index (κ1) is 13.5. The Hall–Kier alpha value is -1.98. The standard InChI is InChI=1S/C13H18N2O4/c1-9-7-15(8-11(9)12(16)17)13(18)14-5-4-10-3-2-6-19-10/h2-3,6,9,11H,4-5,7-8H2,1H3,(H,14,18)(H,16,17). The van der Waals surface area contributed by atoms with Gasteiger partial charge in [0.1, 0.15) is 5.76 Å². The topological polar surface area (TPSA) is 82.8 Å². The molecule has 1 aliphatic rings. The summed E-state index contributed by atoms with van der Waals surface area (Å²) in [6, 6.07) is 3.45. The third-order valence-corrected chi connectivity index (χ3v) is 3.44. The maximum absolute atomic E-state index is 11.9. The lowest BCUT2D eigenvalue weighted by Crippen LogP contribution is -2.39. The molecule has 6 nitrogen and oxygen atoms in total. The van der Waals surface area contributed by atoms with E-state index in [1.54, 1.807) is 17.2 Å². The van der Waals surface area contributed by atoms with Crippen LogP contribution in [0.2, 0.25) is 0 Å². The zero-order chi connectivity index (χ0) is 13.8. The molecule has 6 heteroatoms. The lowest BCUT2D eigenvalue weighted by Gasteiger charge is -2.16. The van der Waals surface area contributed by atoms with E-state index in [9.17, 15) is 9.59 Å². The molecule has 0 aliphatic carbocycles. The van der Waals surface area contributed by atoms with Crippen molar-refractivity contribution in [3.63, 3.8) is 0 Å². The van der Waals surface area contributed by atoms with E-state index in [0.717, 1.165) is 5.76 Å². The predicted octanol–water partition coefficient (Wildman–Crippen LogP) is 1.18. The van der Waals surface area contributed by atoms with E-state index < -0.39 is 11.9 Å². The van der Waals surface area contributed by atoms with Gasteiger partial charge >= 0.3 is 12.0 Å². The number of hydrogen-bond donors (Lipinski definition) is 2. The van der Waals surface area contributed by atoms with Gasteiger partial charge in [-0.3, -0.25) is 4.79 Å². The van der Waals surface area contributed by atoms with Crippen molar-refractivity contribution in [3.8, 4) is 0 Å². The Bertz CT molecular complexity index is 444. The molecule has 0 spiro atoms. The number of urea groups is 1. The summed E-state index contributed by atoms with van der Waals surface area (Å²) < 4.78 is 5.16. The number of aliphatic carboxylic acids is 1. The first-order valence-electron chi connectivity index (χ1n) is 6.36. The highest BCUT2D eigenvalue weighted by molar-refractivity contribution is 5.77. The van der Waals surface area contributed by atoms with Crippen LogP contribution >= 0.6 is 0 Å². The van der Waals surface area contributed by atoms with E-state index in [0.29, 0.717) is 19.5 Å². The molecule has 1 aromatic rings. The van der Waals surface area contributed by atoms with Gasteiger partial charge in [0.05, 0.1) is 12.2 Å². The van der Waals surface area contributed by atoms with Gasteiger partial charge in [0.15, 0.2) is 0 Å². The minimum absolute atomic E-state index is 0.00618. The van der Waals surface area contributed by atoms with Crippen LogP contribution in [0.25, 0.3) is 0 Å². The van der Waals surface area contributed by atoms with Crippen LogP contribution in [-0.4, -0.2) is 41.6 Å². The Labute approximate surface area is 111 Å². The fourth-order valence-electron chi connectivity index (χ4n) is 2.31. The number of likely N-dealkylation sites (tertiary alicyclic amines) is 1. The average molecular weight is 266 g/mol. The van der Waals surface area contributed by atoms with Crippen LogP contribution in [0.15, 0.2) is 22.8 Å². The monoisotopic (exact) mass is 266 g/mol. The number of carbonyl (C=O) groups excluding carboxylic acids is 1. The lowest BCUT2D eigenvalue weighted by molar-refractivity contribution is -0.142. The summed E-state index contributed by atoms with van der Waals surface area (Å²) >= 11 is 0. The zero-order valence-electron chi connectivity index (χ0n) is 10.8. The van der Waals surface area contributed by atoms with Crippen LogP contribution < -0.4 is 5.32 Å². The van der Waals surface area contributed by atoms with Gasteiger partial charge < -0.3 is 19.7 Å². The van der Waals surface area contributed by atoms with E-state index >= 15 is 0 Å². The average Bonchev–Trinajstić information content (AvgIpc) is 2.98. The van der Waals surface area contributed by atoms with Gasteiger partial charge in [-0.15, -0.1) is 0 Å². The van der Waals surface area contributed by atoms with Crippen molar-refractivity contribution < 1.29 is 19.1 Å². The molecule has 0 bridgehead atoms. The minimum Gasteiger partial charge on any atom is -0.481 e. The molecular formula is C13H18N2O4. The molecule has 2 unspecified atom stereocenters. The Morgan fingerprint density at radius 1 is 1.53 bits per heavy atom. The minimum atomic E-state index is -0.835. The van der Waals surface area contributed by atoms with Gasteiger partial charge in [-0.05, 0) is 18.1 Å². The summed E-state index contributed by atoms with van der Waals surface area (Å²) in [6.45, 7) is 3.11. The molecule has 1 aliphatic heterocycles. The largest absolute Gasteiger partial charge is 0.481 e. The number of amides is 2. The molecule has 0 saturated carbocycles. The quantitative estimate of drug-likeness (QED) is 0.857. The van der Waals surface area contributed by atoms with Crippen LogP contribution in [0, 0.1) is 11.8 Å². The molecule has 1 aromatic heterocycles. The molecule has 2 N–H and O–H groups in total. The van der Waals surface area contributed by atoms with Gasteiger partial charge in [0.25, 0.3) is 0 Å². The highest BCUT2D eigenvalue weighted by Crippen LogP contribution is 2.22. The summed E-state index contributed by atoms with van der Waals surface area (Å²) in [5.41, 5.74) is 0. The van der Waals surface area contributed by atoms with E-state index in [-0.39, 0.29) is 18.5 Å². The second kappa shape index (κ2) is 5.77. The Kier molecular flexibility index (Phi) is 4.09. The molecule has 2 heterocycles. The number of carbonyl (C=O) groups is 2. The van der Waals surface area contributed by atoms with Gasteiger partial charge in [-0.25, -0.2) is 4.79 Å². The lowest BCUT2D eigenvalue weighted by atomic mass is 9.99. The van der Waals surface area contributed by atoms with Crippen molar-refractivity contribution in [2.75, 3.05) is 19.6 Å². The first-order valence-corrected chi connectivity index (χ1v) is 6.36. The SMILES string of the molecule is CC1CN(C(=O)NCCc2ccco2)CC1C(=O)O. The molecule has 2 amide bonds. The smallest absolute Gasteiger partial charge is 0.317 e. The van der Waals surface area contributed by atoms with Crippen LogP contribution in [0.3, 0.4) is 0 Å². The van der Waals surface area contributed by atoms with Crippen LogP contribution in [0.4, 0.5) is 4.79 Å². The van der Waals surface area contributed by atoms with Crippen molar-refractivity contribution in [2.24, 2.45) is 11.8 Å². The van der Waals surface area contributed by atoms with E-state index in [4.69, 9.17) is 9.52 Å². The van der Waals surface area contributed by atoms with Crippen molar-refractivity contribution in [1.29, 1.82) is 0 Å². The first-order chi connectivity index (χ1) is 9.08. The molecular weight excluding hydrogens is 248 g/mol.